The molecule has 132 valence electrons. The second kappa shape index (κ2) is 8.18. The molecule has 0 radical (unpaired) electrons. The summed E-state index contributed by atoms with van der Waals surface area (Å²) < 4.78 is 49.4. The molecule has 5 nitrogen and oxygen atoms in total. The molecule has 2 rings (SSSR count). The predicted octanol–water partition coefficient (Wildman–Crippen LogP) is 3.30. The van der Waals surface area contributed by atoms with Crippen LogP contribution in [0.25, 0.3) is 0 Å². The standard InChI is InChI=1S/C17H14F3NO4/c1-2-24-17(23)10-3-5-11(6-4-10)25-9-14(22)21-13-8-7-12(18)15(19)16(13)20/h3-8H,2,9H2,1H3,(H,21,22). The Labute approximate surface area is 141 Å². The van der Waals surface area contributed by atoms with Crippen molar-refractivity contribution in [2.75, 3.05) is 18.5 Å². The van der Waals surface area contributed by atoms with Gasteiger partial charge in [-0.25, -0.2) is 18.0 Å². The number of anilines is 1. The van der Waals surface area contributed by atoms with Gasteiger partial charge in [-0.1, -0.05) is 0 Å². The van der Waals surface area contributed by atoms with E-state index in [4.69, 9.17) is 9.47 Å². The summed E-state index contributed by atoms with van der Waals surface area (Å²) in [6, 6.07) is 7.43. The van der Waals surface area contributed by atoms with Crippen molar-refractivity contribution in [3.8, 4) is 5.75 Å². The molecule has 1 amide bonds. The summed E-state index contributed by atoms with van der Waals surface area (Å²) in [5, 5.41) is 2.08. The maximum Gasteiger partial charge on any atom is 0.338 e. The number of halogens is 3. The van der Waals surface area contributed by atoms with Gasteiger partial charge in [0.1, 0.15) is 5.75 Å². The van der Waals surface area contributed by atoms with Crippen LogP contribution in [0.1, 0.15) is 17.3 Å². The fourth-order valence-electron chi connectivity index (χ4n) is 1.86. The van der Waals surface area contributed by atoms with E-state index < -0.39 is 41.6 Å². The fraction of sp³-hybridized carbons (Fsp3) is 0.176. The highest BCUT2D eigenvalue weighted by molar-refractivity contribution is 5.92. The second-order valence-corrected chi connectivity index (χ2v) is 4.80. The van der Waals surface area contributed by atoms with Crippen molar-refractivity contribution in [3.05, 3.63) is 59.4 Å². The van der Waals surface area contributed by atoms with Crippen molar-refractivity contribution in [3.63, 3.8) is 0 Å². The van der Waals surface area contributed by atoms with Crippen LogP contribution in [-0.2, 0) is 9.53 Å². The minimum atomic E-state index is -1.67. The zero-order valence-electron chi connectivity index (χ0n) is 13.1. The molecular weight excluding hydrogens is 339 g/mol. The molecule has 0 bridgehead atoms. The zero-order chi connectivity index (χ0) is 18.4. The lowest BCUT2D eigenvalue weighted by Crippen LogP contribution is -2.21. The number of amides is 1. The number of hydrogen-bond acceptors (Lipinski definition) is 4. The van der Waals surface area contributed by atoms with Crippen molar-refractivity contribution in [1.29, 1.82) is 0 Å². The first kappa shape index (κ1) is 18.3. The Hall–Kier alpha value is -3.03. The quantitative estimate of drug-likeness (QED) is 0.639. The molecule has 0 aliphatic rings. The van der Waals surface area contributed by atoms with E-state index in [-0.39, 0.29) is 12.4 Å². The maximum atomic E-state index is 13.5. The molecule has 0 fully saturated rings. The number of ether oxygens (including phenoxy) is 2. The molecule has 0 aliphatic carbocycles. The van der Waals surface area contributed by atoms with Crippen molar-refractivity contribution < 1.29 is 32.2 Å². The monoisotopic (exact) mass is 353 g/mol. The molecule has 8 heteroatoms. The van der Waals surface area contributed by atoms with E-state index in [1.54, 1.807) is 6.92 Å². The largest absolute Gasteiger partial charge is 0.484 e. The number of carbonyl (C=O) groups is 2. The molecule has 0 aliphatic heterocycles. The van der Waals surface area contributed by atoms with Gasteiger partial charge in [0.25, 0.3) is 5.91 Å². The highest BCUT2D eigenvalue weighted by atomic mass is 19.2. The van der Waals surface area contributed by atoms with Gasteiger partial charge in [-0.05, 0) is 43.3 Å². The van der Waals surface area contributed by atoms with Crippen LogP contribution in [0, 0.1) is 17.5 Å². The highest BCUT2D eigenvalue weighted by Gasteiger charge is 2.15. The van der Waals surface area contributed by atoms with Crippen molar-refractivity contribution in [1.82, 2.24) is 0 Å². The molecule has 0 unspecified atom stereocenters. The van der Waals surface area contributed by atoms with Gasteiger partial charge in [0.15, 0.2) is 24.1 Å². The van der Waals surface area contributed by atoms with Gasteiger partial charge in [-0.2, -0.15) is 0 Å². The van der Waals surface area contributed by atoms with Crippen LogP contribution < -0.4 is 10.1 Å². The number of carbonyl (C=O) groups excluding carboxylic acids is 2. The molecular formula is C17H14F3NO4. The summed E-state index contributed by atoms with van der Waals surface area (Å²) in [4.78, 5) is 23.2. The molecule has 0 aromatic heterocycles. The molecule has 2 aromatic rings. The molecule has 0 saturated heterocycles. The number of nitrogens with one attached hydrogen (secondary N) is 1. The van der Waals surface area contributed by atoms with Gasteiger partial charge in [0.2, 0.25) is 0 Å². The molecule has 1 N–H and O–H groups in total. The highest BCUT2D eigenvalue weighted by Crippen LogP contribution is 2.19. The Balaban J connectivity index is 1.92. The van der Waals surface area contributed by atoms with E-state index in [0.29, 0.717) is 11.6 Å². The van der Waals surface area contributed by atoms with Crippen molar-refractivity contribution >= 4 is 17.6 Å². The Bertz CT molecular complexity index is 778. The number of rotatable bonds is 6. The third-order valence-electron chi connectivity index (χ3n) is 3.04. The van der Waals surface area contributed by atoms with Gasteiger partial charge in [0.05, 0.1) is 17.9 Å². The van der Waals surface area contributed by atoms with Crippen LogP contribution in [-0.4, -0.2) is 25.1 Å². The van der Waals surface area contributed by atoms with E-state index in [2.05, 4.69) is 5.32 Å². The van der Waals surface area contributed by atoms with Crippen LogP contribution in [0.4, 0.5) is 18.9 Å². The van der Waals surface area contributed by atoms with Crippen LogP contribution in [0.3, 0.4) is 0 Å². The van der Waals surface area contributed by atoms with Gasteiger partial charge in [0, 0.05) is 0 Å². The summed E-state index contributed by atoms with van der Waals surface area (Å²) >= 11 is 0. The number of hydrogen-bond donors (Lipinski definition) is 1. The Morgan fingerprint density at radius 1 is 1.00 bits per heavy atom. The first-order valence-corrected chi connectivity index (χ1v) is 7.25. The topological polar surface area (TPSA) is 64.6 Å². The number of esters is 1. The van der Waals surface area contributed by atoms with E-state index >= 15 is 0 Å². The molecule has 25 heavy (non-hydrogen) atoms. The van der Waals surface area contributed by atoms with Crippen LogP contribution >= 0.6 is 0 Å². The van der Waals surface area contributed by atoms with Gasteiger partial charge < -0.3 is 14.8 Å². The molecule has 0 spiro atoms. The lowest BCUT2D eigenvalue weighted by atomic mass is 10.2. The van der Waals surface area contributed by atoms with Gasteiger partial charge >= 0.3 is 5.97 Å². The van der Waals surface area contributed by atoms with Gasteiger partial charge in [-0.15, -0.1) is 0 Å². The molecule has 0 heterocycles. The molecule has 0 saturated carbocycles. The summed E-state index contributed by atoms with van der Waals surface area (Å²) in [6.07, 6.45) is 0. The maximum absolute atomic E-state index is 13.5. The van der Waals surface area contributed by atoms with E-state index in [9.17, 15) is 22.8 Å². The van der Waals surface area contributed by atoms with Crippen LogP contribution in [0.15, 0.2) is 36.4 Å². The Kier molecular flexibility index (Phi) is 5.99. The Morgan fingerprint density at radius 2 is 1.68 bits per heavy atom. The van der Waals surface area contributed by atoms with E-state index in [1.807, 2.05) is 0 Å². The summed E-state index contributed by atoms with van der Waals surface area (Å²) in [7, 11) is 0. The number of benzene rings is 2. The third-order valence-corrected chi connectivity index (χ3v) is 3.04. The zero-order valence-corrected chi connectivity index (χ0v) is 13.1. The SMILES string of the molecule is CCOC(=O)c1ccc(OCC(=O)Nc2ccc(F)c(F)c2F)cc1. The minimum Gasteiger partial charge on any atom is -0.484 e. The van der Waals surface area contributed by atoms with Crippen molar-refractivity contribution in [2.45, 2.75) is 6.92 Å². The summed E-state index contributed by atoms with van der Waals surface area (Å²) in [5.41, 5.74) is -0.173. The minimum absolute atomic E-state index is 0.248. The smallest absolute Gasteiger partial charge is 0.338 e. The second-order valence-electron chi connectivity index (χ2n) is 4.80. The normalized spacial score (nSPS) is 10.2. The van der Waals surface area contributed by atoms with E-state index in [0.717, 1.165) is 6.07 Å². The third kappa shape index (κ3) is 4.72. The predicted molar refractivity (Wildman–Crippen MR) is 82.8 cm³/mol. The van der Waals surface area contributed by atoms with E-state index in [1.165, 1.54) is 24.3 Å². The van der Waals surface area contributed by atoms with Crippen LogP contribution in [0.2, 0.25) is 0 Å². The molecule has 2 aromatic carbocycles. The lowest BCUT2D eigenvalue weighted by molar-refractivity contribution is -0.118. The van der Waals surface area contributed by atoms with Crippen molar-refractivity contribution in [2.24, 2.45) is 0 Å². The Morgan fingerprint density at radius 3 is 2.32 bits per heavy atom. The van der Waals surface area contributed by atoms with Crippen LogP contribution in [0.5, 0.6) is 5.75 Å². The lowest BCUT2D eigenvalue weighted by Gasteiger charge is -2.09. The first-order valence-electron chi connectivity index (χ1n) is 7.25. The first-order chi connectivity index (χ1) is 11.9. The average molecular weight is 353 g/mol. The van der Waals surface area contributed by atoms with Gasteiger partial charge in [-0.3, -0.25) is 4.79 Å². The summed E-state index contributed by atoms with van der Waals surface area (Å²) in [5.74, 6) is -5.48. The fourth-order valence-corrected chi connectivity index (χ4v) is 1.86. The summed E-state index contributed by atoms with van der Waals surface area (Å²) in [6.45, 7) is 1.44. The average Bonchev–Trinajstić information content (AvgIpc) is 2.61. The molecule has 0 atom stereocenters.